The van der Waals surface area contributed by atoms with Crippen LogP contribution in [-0.2, 0) is 18.6 Å². The van der Waals surface area contributed by atoms with E-state index in [1.165, 1.54) is 0 Å². The van der Waals surface area contributed by atoms with Gasteiger partial charge in [0.15, 0.2) is 12.2 Å². The minimum absolute atomic E-state index is 0.791. The molecule has 1 rings (SSSR count). The molecule has 1 aliphatic rings. The van der Waals surface area contributed by atoms with E-state index in [1.807, 2.05) is 0 Å². The van der Waals surface area contributed by atoms with E-state index >= 15 is 0 Å². The standard InChI is InChI=1S/C6H11O9P/c7-3-2(1-14-16(11,12)13)15-6(10)5(9)4(3)8/h2-5,7-9H,1H2,(H2,11,12,13). The van der Waals surface area contributed by atoms with Crippen molar-refractivity contribution >= 4 is 13.8 Å². The molecule has 5 N–H and O–H groups in total. The molecule has 10 heteroatoms. The number of aliphatic hydroxyl groups is 3. The van der Waals surface area contributed by atoms with E-state index in [-0.39, 0.29) is 0 Å². The van der Waals surface area contributed by atoms with Crippen molar-refractivity contribution in [1.29, 1.82) is 0 Å². The second-order valence-corrected chi connectivity index (χ2v) is 4.43. The van der Waals surface area contributed by atoms with E-state index in [0.717, 1.165) is 0 Å². The van der Waals surface area contributed by atoms with Gasteiger partial charge in [0.25, 0.3) is 0 Å². The Morgan fingerprint density at radius 2 is 1.81 bits per heavy atom. The molecule has 1 heterocycles. The summed E-state index contributed by atoms with van der Waals surface area (Å²) in [5.74, 6) is -1.20. The fraction of sp³-hybridized carbons (Fsp3) is 0.833. The summed E-state index contributed by atoms with van der Waals surface area (Å²) in [6.45, 7) is -0.791. The lowest BCUT2D eigenvalue weighted by atomic mass is 10.0. The van der Waals surface area contributed by atoms with Crippen molar-refractivity contribution in [3.8, 4) is 0 Å². The summed E-state index contributed by atoms with van der Waals surface area (Å²) in [4.78, 5) is 27.6. The van der Waals surface area contributed by atoms with Gasteiger partial charge < -0.3 is 29.8 Å². The lowest BCUT2D eigenvalue weighted by Crippen LogP contribution is -2.56. The molecule has 0 aromatic rings. The van der Waals surface area contributed by atoms with Crippen LogP contribution in [0.15, 0.2) is 0 Å². The van der Waals surface area contributed by atoms with Gasteiger partial charge in [-0.25, -0.2) is 9.36 Å². The van der Waals surface area contributed by atoms with Crippen LogP contribution in [0.3, 0.4) is 0 Å². The number of carbonyl (C=O) groups excluding carboxylic acids is 1. The molecule has 4 atom stereocenters. The van der Waals surface area contributed by atoms with Gasteiger partial charge in [-0.15, -0.1) is 0 Å². The van der Waals surface area contributed by atoms with Gasteiger partial charge in [0.1, 0.15) is 12.2 Å². The van der Waals surface area contributed by atoms with Crippen LogP contribution >= 0.6 is 7.82 Å². The average Bonchev–Trinajstić information content (AvgIpc) is 2.17. The van der Waals surface area contributed by atoms with Crippen LogP contribution in [0.4, 0.5) is 0 Å². The van der Waals surface area contributed by atoms with Crippen molar-refractivity contribution < 1.29 is 43.7 Å². The Labute approximate surface area is 89.5 Å². The molecule has 0 radical (unpaired) electrons. The van der Waals surface area contributed by atoms with E-state index < -0.39 is 44.8 Å². The molecule has 4 unspecified atom stereocenters. The maximum absolute atomic E-state index is 10.9. The minimum atomic E-state index is -4.76. The van der Waals surface area contributed by atoms with Crippen LogP contribution in [0.1, 0.15) is 0 Å². The summed E-state index contributed by atoms with van der Waals surface area (Å²) in [5.41, 5.74) is 0. The van der Waals surface area contributed by atoms with Crippen LogP contribution < -0.4 is 0 Å². The van der Waals surface area contributed by atoms with Crippen molar-refractivity contribution in [2.45, 2.75) is 24.4 Å². The first-order valence-electron chi connectivity index (χ1n) is 4.17. The lowest BCUT2D eigenvalue weighted by molar-refractivity contribution is -0.206. The molecule has 0 aromatic carbocycles. The highest BCUT2D eigenvalue weighted by Gasteiger charge is 2.44. The summed E-state index contributed by atoms with van der Waals surface area (Å²) < 4.78 is 18.8. The molecule has 1 aliphatic heterocycles. The van der Waals surface area contributed by atoms with Crippen LogP contribution in [0.25, 0.3) is 0 Å². The van der Waals surface area contributed by atoms with Crippen LogP contribution in [-0.4, -0.2) is 62.1 Å². The summed E-state index contributed by atoms with van der Waals surface area (Å²) in [6, 6.07) is 0. The van der Waals surface area contributed by atoms with E-state index in [0.29, 0.717) is 0 Å². The molecular weight excluding hydrogens is 247 g/mol. The predicted octanol–water partition coefficient (Wildman–Crippen LogP) is -2.90. The van der Waals surface area contributed by atoms with Crippen molar-refractivity contribution in [1.82, 2.24) is 0 Å². The number of rotatable bonds is 3. The van der Waals surface area contributed by atoms with E-state index in [1.54, 1.807) is 0 Å². The van der Waals surface area contributed by atoms with Crippen LogP contribution in [0.5, 0.6) is 0 Å². The number of esters is 1. The number of hydrogen-bond donors (Lipinski definition) is 5. The Hall–Kier alpha value is -0.540. The maximum atomic E-state index is 10.9. The van der Waals surface area contributed by atoms with Crippen molar-refractivity contribution in [3.05, 3.63) is 0 Å². The first-order chi connectivity index (χ1) is 7.22. The average molecular weight is 258 g/mol. The smallest absolute Gasteiger partial charge is 0.455 e. The largest absolute Gasteiger partial charge is 0.469 e. The Kier molecular flexibility index (Phi) is 4.02. The van der Waals surface area contributed by atoms with Crippen molar-refractivity contribution in [3.63, 3.8) is 0 Å². The lowest BCUT2D eigenvalue weighted by Gasteiger charge is -2.33. The molecule has 9 nitrogen and oxygen atoms in total. The monoisotopic (exact) mass is 258 g/mol. The number of phosphoric acid groups is 1. The van der Waals surface area contributed by atoms with Gasteiger partial charge >= 0.3 is 13.8 Å². The van der Waals surface area contributed by atoms with Crippen molar-refractivity contribution in [2.24, 2.45) is 0 Å². The molecule has 0 saturated carbocycles. The number of ether oxygens (including phenoxy) is 1. The minimum Gasteiger partial charge on any atom is -0.455 e. The number of carbonyl (C=O) groups is 1. The van der Waals surface area contributed by atoms with E-state index in [2.05, 4.69) is 9.26 Å². The highest BCUT2D eigenvalue weighted by Crippen LogP contribution is 2.36. The summed E-state index contributed by atoms with van der Waals surface area (Å²) in [7, 11) is -4.76. The first kappa shape index (κ1) is 13.5. The fourth-order valence-electron chi connectivity index (χ4n) is 1.14. The fourth-order valence-corrected chi connectivity index (χ4v) is 1.48. The Morgan fingerprint density at radius 1 is 1.25 bits per heavy atom. The molecule has 1 saturated heterocycles. The molecule has 0 aliphatic carbocycles. The Morgan fingerprint density at radius 3 is 2.31 bits per heavy atom. The van der Waals surface area contributed by atoms with Gasteiger partial charge in [0.05, 0.1) is 6.61 Å². The van der Waals surface area contributed by atoms with Gasteiger partial charge in [-0.1, -0.05) is 0 Å². The maximum Gasteiger partial charge on any atom is 0.469 e. The number of aliphatic hydroxyl groups excluding tert-OH is 3. The second-order valence-electron chi connectivity index (χ2n) is 3.19. The molecular formula is C6H11O9P. The molecule has 0 amide bonds. The molecule has 94 valence electrons. The first-order valence-corrected chi connectivity index (χ1v) is 5.70. The molecule has 0 aromatic heterocycles. The summed E-state index contributed by atoms with van der Waals surface area (Å²) in [5, 5.41) is 27.5. The topological polar surface area (TPSA) is 154 Å². The number of cyclic esters (lactones) is 1. The summed E-state index contributed by atoms with van der Waals surface area (Å²) >= 11 is 0. The van der Waals surface area contributed by atoms with Gasteiger partial charge in [0, 0.05) is 0 Å². The SMILES string of the molecule is O=C1OC(COP(=O)(O)O)C(O)C(O)C1O. The van der Waals surface area contributed by atoms with Crippen LogP contribution in [0.2, 0.25) is 0 Å². The van der Waals surface area contributed by atoms with Crippen LogP contribution in [0, 0.1) is 0 Å². The van der Waals surface area contributed by atoms with Crippen molar-refractivity contribution in [2.75, 3.05) is 6.61 Å². The zero-order valence-corrected chi connectivity index (χ0v) is 8.73. The molecule has 0 spiro atoms. The highest BCUT2D eigenvalue weighted by atomic mass is 31.2. The molecule has 16 heavy (non-hydrogen) atoms. The third-order valence-corrected chi connectivity index (χ3v) is 2.46. The summed E-state index contributed by atoms with van der Waals surface area (Å²) in [6.07, 6.45) is -6.80. The second kappa shape index (κ2) is 4.76. The Bertz CT molecular complexity index is 311. The third-order valence-electron chi connectivity index (χ3n) is 1.97. The normalized spacial score (nSPS) is 35.9. The van der Waals surface area contributed by atoms with E-state index in [4.69, 9.17) is 20.0 Å². The number of phosphoric ester groups is 1. The zero-order valence-electron chi connectivity index (χ0n) is 7.83. The zero-order chi connectivity index (χ0) is 12.5. The predicted molar refractivity (Wildman–Crippen MR) is 45.9 cm³/mol. The van der Waals surface area contributed by atoms with Gasteiger partial charge in [-0.2, -0.15) is 0 Å². The molecule has 1 fully saturated rings. The number of hydrogen-bond acceptors (Lipinski definition) is 7. The van der Waals surface area contributed by atoms with Gasteiger partial charge in [0.2, 0.25) is 0 Å². The van der Waals surface area contributed by atoms with Gasteiger partial charge in [-0.3, -0.25) is 4.52 Å². The third kappa shape index (κ3) is 3.22. The van der Waals surface area contributed by atoms with E-state index in [9.17, 15) is 14.5 Å². The Balaban J connectivity index is 2.61. The molecule has 0 bridgehead atoms. The highest BCUT2D eigenvalue weighted by molar-refractivity contribution is 7.46. The quantitative estimate of drug-likeness (QED) is 0.265. The van der Waals surface area contributed by atoms with Gasteiger partial charge in [-0.05, 0) is 0 Å².